The Bertz CT molecular complexity index is 675. The van der Waals surface area contributed by atoms with E-state index in [4.69, 9.17) is 0 Å². The summed E-state index contributed by atoms with van der Waals surface area (Å²) < 4.78 is 0. The molecular formula is C19H25N3O4. The maximum absolute atomic E-state index is 12.7. The average Bonchev–Trinajstić information content (AvgIpc) is 2.96. The molecule has 0 atom stereocenters. The maximum Gasteiger partial charge on any atom is 0.282 e. The molecule has 140 valence electrons. The molecule has 0 aromatic heterocycles. The minimum Gasteiger partial charge on any atom is -0.342 e. The lowest BCUT2D eigenvalue weighted by Crippen LogP contribution is -2.44. The van der Waals surface area contributed by atoms with E-state index in [-0.39, 0.29) is 29.0 Å². The van der Waals surface area contributed by atoms with Gasteiger partial charge in [0.2, 0.25) is 5.91 Å². The van der Waals surface area contributed by atoms with Crippen LogP contribution in [0.15, 0.2) is 24.3 Å². The number of nitro groups is 1. The second-order valence-electron chi connectivity index (χ2n) is 7.08. The van der Waals surface area contributed by atoms with Gasteiger partial charge in [0.15, 0.2) is 0 Å². The highest BCUT2D eigenvalue weighted by atomic mass is 16.6. The minimum atomic E-state index is -0.525. The number of carbonyl (C=O) groups excluding carboxylic acids is 2. The zero-order valence-corrected chi connectivity index (χ0v) is 14.9. The van der Waals surface area contributed by atoms with Crippen molar-refractivity contribution in [1.82, 2.24) is 9.80 Å². The van der Waals surface area contributed by atoms with E-state index in [9.17, 15) is 19.7 Å². The summed E-state index contributed by atoms with van der Waals surface area (Å²) in [6.07, 6.45) is 5.77. The van der Waals surface area contributed by atoms with Gasteiger partial charge in [0.1, 0.15) is 5.56 Å². The lowest BCUT2D eigenvalue weighted by atomic mass is 9.94. The van der Waals surface area contributed by atoms with Crippen LogP contribution in [0, 0.1) is 16.0 Å². The third-order valence-corrected chi connectivity index (χ3v) is 5.38. The van der Waals surface area contributed by atoms with E-state index in [0.29, 0.717) is 25.9 Å². The molecule has 1 aromatic carbocycles. The molecular weight excluding hydrogens is 334 g/mol. The largest absolute Gasteiger partial charge is 0.342 e. The van der Waals surface area contributed by atoms with Gasteiger partial charge in [0.25, 0.3) is 11.6 Å². The van der Waals surface area contributed by atoms with Crippen LogP contribution in [0.2, 0.25) is 0 Å². The molecule has 0 bridgehead atoms. The molecule has 0 unspecified atom stereocenters. The zero-order valence-electron chi connectivity index (χ0n) is 14.9. The fourth-order valence-electron chi connectivity index (χ4n) is 3.86. The van der Waals surface area contributed by atoms with Crippen LogP contribution in [-0.4, -0.2) is 52.7 Å². The van der Waals surface area contributed by atoms with Gasteiger partial charge >= 0.3 is 0 Å². The topological polar surface area (TPSA) is 83.8 Å². The molecule has 2 amide bonds. The molecule has 1 aromatic rings. The van der Waals surface area contributed by atoms with Crippen LogP contribution in [0.3, 0.4) is 0 Å². The number of para-hydroxylation sites is 1. The number of amides is 2. The molecule has 2 heterocycles. The van der Waals surface area contributed by atoms with E-state index < -0.39 is 4.92 Å². The van der Waals surface area contributed by atoms with Crippen molar-refractivity contribution in [3.05, 3.63) is 39.9 Å². The van der Waals surface area contributed by atoms with Crippen LogP contribution in [0.25, 0.3) is 0 Å². The summed E-state index contributed by atoms with van der Waals surface area (Å²) in [7, 11) is 0. The summed E-state index contributed by atoms with van der Waals surface area (Å²) in [5.74, 6) is -0.148. The third-order valence-electron chi connectivity index (χ3n) is 5.38. The standard InChI is InChI=1S/C19H25N3O4/c23-18(20-11-5-1-2-6-12-20)15-9-13-21(14-10-15)19(24)16-7-3-4-8-17(16)22(25)26/h3-4,7-8,15H,1-2,5-6,9-14H2. The van der Waals surface area contributed by atoms with Crippen LogP contribution in [0.5, 0.6) is 0 Å². The van der Waals surface area contributed by atoms with E-state index in [0.717, 1.165) is 25.9 Å². The van der Waals surface area contributed by atoms with Crippen LogP contribution in [0.4, 0.5) is 5.69 Å². The molecule has 0 radical (unpaired) electrons. The van der Waals surface area contributed by atoms with E-state index >= 15 is 0 Å². The summed E-state index contributed by atoms with van der Waals surface area (Å²) in [4.78, 5) is 39.6. The third kappa shape index (κ3) is 4.03. The Morgan fingerprint density at radius 1 is 0.923 bits per heavy atom. The van der Waals surface area contributed by atoms with Gasteiger partial charge in [0.05, 0.1) is 4.92 Å². The Kier molecular flexibility index (Phi) is 5.85. The summed E-state index contributed by atoms with van der Waals surface area (Å²) in [5, 5.41) is 11.1. The molecule has 0 spiro atoms. The predicted octanol–water partition coefficient (Wildman–Crippen LogP) is 2.85. The van der Waals surface area contributed by atoms with Gasteiger partial charge in [-0.1, -0.05) is 25.0 Å². The van der Waals surface area contributed by atoms with E-state index in [1.165, 1.54) is 25.0 Å². The number of hydrogen-bond donors (Lipinski definition) is 0. The smallest absolute Gasteiger partial charge is 0.282 e. The Morgan fingerprint density at radius 2 is 1.54 bits per heavy atom. The molecule has 7 nitrogen and oxygen atoms in total. The highest BCUT2D eigenvalue weighted by Gasteiger charge is 2.32. The number of benzene rings is 1. The molecule has 3 rings (SSSR count). The number of carbonyl (C=O) groups is 2. The molecule has 0 aliphatic carbocycles. The lowest BCUT2D eigenvalue weighted by Gasteiger charge is -2.34. The Balaban J connectivity index is 1.60. The van der Waals surface area contributed by atoms with Crippen molar-refractivity contribution in [2.75, 3.05) is 26.2 Å². The monoisotopic (exact) mass is 359 g/mol. The van der Waals surface area contributed by atoms with Gasteiger partial charge in [-0.15, -0.1) is 0 Å². The molecule has 7 heteroatoms. The Morgan fingerprint density at radius 3 is 2.15 bits per heavy atom. The summed E-state index contributed by atoms with van der Waals surface area (Å²) in [6, 6.07) is 6.04. The fourth-order valence-corrected chi connectivity index (χ4v) is 3.86. The average molecular weight is 359 g/mol. The molecule has 26 heavy (non-hydrogen) atoms. The van der Waals surface area contributed by atoms with E-state index in [2.05, 4.69) is 0 Å². The van der Waals surface area contributed by atoms with Crippen LogP contribution < -0.4 is 0 Å². The number of nitro benzene ring substituents is 1. The SMILES string of the molecule is O=C(c1ccccc1[N+](=O)[O-])N1CCC(C(=O)N2CCCCCC2)CC1. The van der Waals surface area contributed by atoms with Crippen molar-refractivity contribution >= 4 is 17.5 Å². The van der Waals surface area contributed by atoms with Gasteiger partial charge in [-0.2, -0.15) is 0 Å². The van der Waals surface area contributed by atoms with Crippen molar-refractivity contribution in [3.63, 3.8) is 0 Å². The molecule has 2 saturated heterocycles. The highest BCUT2D eigenvalue weighted by Crippen LogP contribution is 2.25. The molecule has 2 fully saturated rings. The molecule has 0 N–H and O–H groups in total. The molecule has 2 aliphatic heterocycles. The van der Waals surface area contributed by atoms with Crippen molar-refractivity contribution in [3.8, 4) is 0 Å². The van der Waals surface area contributed by atoms with E-state index in [1.807, 2.05) is 4.90 Å². The fraction of sp³-hybridized carbons (Fsp3) is 0.579. The van der Waals surface area contributed by atoms with Gasteiger partial charge in [-0.25, -0.2) is 0 Å². The number of piperidine rings is 1. The highest BCUT2D eigenvalue weighted by molar-refractivity contribution is 5.98. The summed E-state index contributed by atoms with van der Waals surface area (Å²) in [6.45, 7) is 2.62. The van der Waals surface area contributed by atoms with Crippen LogP contribution in [-0.2, 0) is 4.79 Å². The van der Waals surface area contributed by atoms with Gasteiger partial charge < -0.3 is 9.80 Å². The van der Waals surface area contributed by atoms with Crippen LogP contribution >= 0.6 is 0 Å². The number of nitrogens with zero attached hydrogens (tertiary/aromatic N) is 3. The lowest BCUT2D eigenvalue weighted by molar-refractivity contribution is -0.385. The first kappa shape index (κ1) is 18.4. The van der Waals surface area contributed by atoms with Crippen LogP contribution in [0.1, 0.15) is 48.9 Å². The Labute approximate surface area is 153 Å². The minimum absolute atomic E-state index is 0.0390. The summed E-state index contributed by atoms with van der Waals surface area (Å²) in [5.41, 5.74) is -0.0462. The first-order valence-electron chi connectivity index (χ1n) is 9.39. The molecule has 2 aliphatic rings. The zero-order chi connectivity index (χ0) is 18.5. The quantitative estimate of drug-likeness (QED) is 0.614. The Hall–Kier alpha value is -2.44. The number of rotatable bonds is 3. The van der Waals surface area contributed by atoms with Crippen molar-refractivity contribution in [1.29, 1.82) is 0 Å². The second-order valence-corrected chi connectivity index (χ2v) is 7.08. The molecule has 0 saturated carbocycles. The maximum atomic E-state index is 12.7. The van der Waals surface area contributed by atoms with Crippen molar-refractivity contribution < 1.29 is 14.5 Å². The van der Waals surface area contributed by atoms with Crippen molar-refractivity contribution in [2.24, 2.45) is 5.92 Å². The van der Waals surface area contributed by atoms with E-state index in [1.54, 1.807) is 17.0 Å². The summed E-state index contributed by atoms with van der Waals surface area (Å²) >= 11 is 0. The predicted molar refractivity (Wildman–Crippen MR) is 96.8 cm³/mol. The first-order chi connectivity index (χ1) is 12.6. The number of likely N-dealkylation sites (tertiary alicyclic amines) is 2. The second kappa shape index (κ2) is 8.29. The van der Waals surface area contributed by atoms with Gasteiger partial charge in [-0.3, -0.25) is 19.7 Å². The van der Waals surface area contributed by atoms with Crippen molar-refractivity contribution in [2.45, 2.75) is 38.5 Å². The van der Waals surface area contributed by atoms with Gasteiger partial charge in [0, 0.05) is 38.2 Å². The number of hydrogen-bond acceptors (Lipinski definition) is 4. The first-order valence-corrected chi connectivity index (χ1v) is 9.39. The van der Waals surface area contributed by atoms with Gasteiger partial charge in [-0.05, 0) is 31.7 Å². The normalized spacial score (nSPS) is 19.1.